The van der Waals surface area contributed by atoms with Crippen molar-refractivity contribution in [3.63, 3.8) is 0 Å². The van der Waals surface area contributed by atoms with Crippen molar-refractivity contribution in [3.8, 4) is 11.5 Å². The molecule has 0 aliphatic heterocycles. The SMILES string of the molecule is CC(C)(C)c1cc(OCCCO)cc(CN=C2C=CC(Cl)=CC2=N)c1O. The topological polar surface area (TPSA) is 85.9 Å². The molecule has 0 saturated carbocycles. The van der Waals surface area contributed by atoms with Crippen molar-refractivity contribution in [1.29, 1.82) is 5.41 Å². The van der Waals surface area contributed by atoms with E-state index in [1.807, 2.05) is 26.8 Å². The van der Waals surface area contributed by atoms with Crippen LogP contribution in [-0.2, 0) is 12.0 Å². The molecule has 0 saturated heterocycles. The van der Waals surface area contributed by atoms with Crippen LogP contribution in [0.3, 0.4) is 0 Å². The third-order valence-corrected chi connectivity index (χ3v) is 4.16. The van der Waals surface area contributed by atoms with Gasteiger partial charge in [0.1, 0.15) is 11.5 Å². The van der Waals surface area contributed by atoms with Gasteiger partial charge in [-0.25, -0.2) is 0 Å². The van der Waals surface area contributed by atoms with Crippen molar-refractivity contribution in [2.75, 3.05) is 13.2 Å². The zero-order chi connectivity index (χ0) is 19.3. The normalized spacial score (nSPS) is 16.1. The van der Waals surface area contributed by atoms with Gasteiger partial charge in [0.25, 0.3) is 0 Å². The van der Waals surface area contributed by atoms with E-state index >= 15 is 0 Å². The van der Waals surface area contributed by atoms with Crippen LogP contribution in [-0.4, -0.2) is 34.9 Å². The first-order chi connectivity index (χ1) is 12.2. The monoisotopic (exact) mass is 376 g/mol. The number of aromatic hydroxyl groups is 1. The number of aliphatic hydroxyl groups is 1. The van der Waals surface area contributed by atoms with Crippen LogP contribution in [0, 0.1) is 5.41 Å². The van der Waals surface area contributed by atoms with Gasteiger partial charge in [-0.2, -0.15) is 0 Å². The second kappa shape index (κ2) is 8.52. The molecule has 2 rings (SSSR count). The molecule has 0 heterocycles. The molecule has 0 radical (unpaired) electrons. The minimum Gasteiger partial charge on any atom is -0.507 e. The van der Waals surface area contributed by atoms with Gasteiger partial charge in [-0.3, -0.25) is 10.4 Å². The number of nitrogens with one attached hydrogen (secondary N) is 1. The molecule has 5 nitrogen and oxygen atoms in total. The Balaban J connectivity index is 2.33. The summed E-state index contributed by atoms with van der Waals surface area (Å²) < 4.78 is 5.70. The predicted octanol–water partition coefficient (Wildman–Crippen LogP) is 4.10. The van der Waals surface area contributed by atoms with Crippen LogP contribution < -0.4 is 4.74 Å². The first-order valence-corrected chi connectivity index (χ1v) is 8.89. The number of hydrogen-bond donors (Lipinski definition) is 3. The molecule has 0 unspecified atom stereocenters. The van der Waals surface area contributed by atoms with Crippen molar-refractivity contribution in [1.82, 2.24) is 0 Å². The molecule has 1 aromatic carbocycles. The fraction of sp³-hybridized carbons (Fsp3) is 0.400. The van der Waals surface area contributed by atoms with Crippen LogP contribution in [0.15, 0.2) is 40.4 Å². The number of allylic oxidation sites excluding steroid dienone is 4. The summed E-state index contributed by atoms with van der Waals surface area (Å²) in [6, 6.07) is 3.58. The van der Waals surface area contributed by atoms with Crippen molar-refractivity contribution in [2.24, 2.45) is 4.99 Å². The third-order valence-electron chi connectivity index (χ3n) is 3.92. The molecule has 140 valence electrons. The van der Waals surface area contributed by atoms with Crippen molar-refractivity contribution >= 4 is 23.0 Å². The van der Waals surface area contributed by atoms with Crippen molar-refractivity contribution in [2.45, 2.75) is 39.2 Å². The summed E-state index contributed by atoms with van der Waals surface area (Å²) in [5.41, 5.74) is 1.88. The molecule has 0 aromatic heterocycles. The highest BCUT2D eigenvalue weighted by molar-refractivity contribution is 6.52. The van der Waals surface area contributed by atoms with Gasteiger partial charge in [0, 0.05) is 29.2 Å². The smallest absolute Gasteiger partial charge is 0.124 e. The molecule has 0 atom stereocenters. The van der Waals surface area contributed by atoms with Gasteiger partial charge in [0.05, 0.1) is 24.6 Å². The Morgan fingerprint density at radius 2 is 1.96 bits per heavy atom. The van der Waals surface area contributed by atoms with E-state index < -0.39 is 0 Å². The zero-order valence-corrected chi connectivity index (χ0v) is 16.1. The molecule has 26 heavy (non-hydrogen) atoms. The van der Waals surface area contributed by atoms with Gasteiger partial charge in [-0.1, -0.05) is 32.4 Å². The molecule has 1 aliphatic carbocycles. The summed E-state index contributed by atoms with van der Waals surface area (Å²) in [6.45, 7) is 6.73. The van der Waals surface area contributed by atoms with E-state index in [1.54, 1.807) is 18.2 Å². The van der Waals surface area contributed by atoms with Crippen LogP contribution in [0.2, 0.25) is 0 Å². The lowest BCUT2D eigenvalue weighted by molar-refractivity contribution is 0.233. The summed E-state index contributed by atoms with van der Waals surface area (Å²) in [4.78, 5) is 4.44. The first kappa shape index (κ1) is 20.2. The number of benzene rings is 1. The minimum absolute atomic E-state index is 0.0647. The molecular formula is C20H25ClN2O3. The van der Waals surface area contributed by atoms with Crippen LogP contribution in [0.1, 0.15) is 38.3 Å². The Morgan fingerprint density at radius 3 is 2.58 bits per heavy atom. The molecule has 1 aliphatic rings. The highest BCUT2D eigenvalue weighted by Gasteiger charge is 2.22. The first-order valence-electron chi connectivity index (χ1n) is 8.51. The van der Waals surface area contributed by atoms with Crippen molar-refractivity contribution < 1.29 is 14.9 Å². The highest BCUT2D eigenvalue weighted by Crippen LogP contribution is 2.37. The van der Waals surface area contributed by atoms with E-state index in [0.29, 0.717) is 35.1 Å². The second-order valence-corrected chi connectivity index (χ2v) is 7.57. The average molecular weight is 377 g/mol. The lowest BCUT2D eigenvalue weighted by Crippen LogP contribution is -2.14. The molecule has 0 amide bonds. The fourth-order valence-electron chi connectivity index (χ4n) is 2.51. The molecule has 3 N–H and O–H groups in total. The number of ether oxygens (including phenoxy) is 1. The van der Waals surface area contributed by atoms with Crippen LogP contribution in [0.4, 0.5) is 0 Å². The Morgan fingerprint density at radius 1 is 1.23 bits per heavy atom. The third kappa shape index (κ3) is 5.19. The molecular weight excluding hydrogens is 352 g/mol. The number of halogens is 1. The largest absolute Gasteiger partial charge is 0.507 e. The summed E-state index contributed by atoms with van der Waals surface area (Å²) in [7, 11) is 0. The standard InChI is InChI=1S/C20H25ClN2O3/c1-20(2,3)16-11-15(26-8-4-7-24)9-13(19(16)25)12-23-18-6-5-14(21)10-17(18)22/h5-6,9-11,22,24-25H,4,7-8,12H2,1-3H3. The summed E-state index contributed by atoms with van der Waals surface area (Å²) in [5.74, 6) is 0.824. The average Bonchev–Trinajstić information content (AvgIpc) is 2.55. The van der Waals surface area contributed by atoms with Gasteiger partial charge >= 0.3 is 0 Å². The number of phenols is 1. The Labute approximate surface area is 159 Å². The maximum atomic E-state index is 10.7. The van der Waals surface area contributed by atoms with Crippen LogP contribution >= 0.6 is 11.6 Å². The van der Waals surface area contributed by atoms with Crippen molar-refractivity contribution in [3.05, 3.63) is 46.5 Å². The number of hydrogen-bond acceptors (Lipinski definition) is 5. The molecule has 0 spiro atoms. The van der Waals surface area contributed by atoms with Crippen LogP contribution in [0.25, 0.3) is 0 Å². The highest BCUT2D eigenvalue weighted by atomic mass is 35.5. The van der Waals surface area contributed by atoms with E-state index in [4.69, 9.17) is 26.9 Å². The van der Waals surface area contributed by atoms with E-state index in [1.165, 1.54) is 6.08 Å². The molecule has 0 fully saturated rings. The number of phenolic OH excluding ortho intramolecular Hbond substituents is 1. The molecule has 1 aromatic rings. The van der Waals surface area contributed by atoms with Gasteiger partial charge in [0.2, 0.25) is 0 Å². The van der Waals surface area contributed by atoms with E-state index in [2.05, 4.69) is 4.99 Å². The van der Waals surface area contributed by atoms with E-state index in [-0.39, 0.29) is 30.0 Å². The number of nitrogens with zero attached hydrogens (tertiary/aromatic N) is 1. The van der Waals surface area contributed by atoms with Gasteiger partial charge in [-0.15, -0.1) is 0 Å². The maximum absolute atomic E-state index is 10.7. The zero-order valence-electron chi connectivity index (χ0n) is 15.3. The quantitative estimate of drug-likeness (QED) is 0.516. The van der Waals surface area contributed by atoms with E-state index in [0.717, 1.165) is 5.56 Å². The fourth-order valence-corrected chi connectivity index (χ4v) is 2.68. The number of rotatable bonds is 6. The minimum atomic E-state index is -0.268. The second-order valence-electron chi connectivity index (χ2n) is 7.13. The summed E-state index contributed by atoms with van der Waals surface area (Å²) in [5, 5.41) is 28.0. The van der Waals surface area contributed by atoms with Gasteiger partial charge in [-0.05, 0) is 35.8 Å². The molecule has 6 heteroatoms. The van der Waals surface area contributed by atoms with Gasteiger partial charge < -0.3 is 14.9 Å². The van der Waals surface area contributed by atoms with Crippen LogP contribution in [0.5, 0.6) is 11.5 Å². The maximum Gasteiger partial charge on any atom is 0.124 e. The molecule has 0 bridgehead atoms. The summed E-state index contributed by atoms with van der Waals surface area (Å²) in [6.07, 6.45) is 5.45. The summed E-state index contributed by atoms with van der Waals surface area (Å²) >= 11 is 5.88. The van der Waals surface area contributed by atoms with Gasteiger partial charge in [0.15, 0.2) is 0 Å². The lowest BCUT2D eigenvalue weighted by atomic mass is 9.85. The predicted molar refractivity (Wildman–Crippen MR) is 106 cm³/mol. The van der Waals surface area contributed by atoms with E-state index in [9.17, 15) is 5.11 Å². The number of aliphatic hydroxyl groups excluding tert-OH is 1. The Hall–Kier alpha value is -2.11. The Bertz CT molecular complexity index is 774. The Kier molecular flexibility index (Phi) is 6.62. The number of aliphatic imine (C=N–C) groups is 1. The lowest BCUT2D eigenvalue weighted by Gasteiger charge is -2.23.